The maximum Gasteiger partial charge on any atom is 0.397 e. The molecule has 3 fully saturated rings. The molecule has 0 aliphatic heterocycles. The van der Waals surface area contributed by atoms with E-state index in [-0.39, 0.29) is 51.6 Å². The highest BCUT2D eigenvalue weighted by Crippen LogP contribution is 2.67. The van der Waals surface area contributed by atoms with Crippen molar-refractivity contribution in [2.24, 2.45) is 39.9 Å². The van der Waals surface area contributed by atoms with Gasteiger partial charge in [-0.15, -0.1) is 0 Å². The molecule has 5 aliphatic carbocycles. The van der Waals surface area contributed by atoms with Gasteiger partial charge in [-0.3, -0.25) is 14.4 Å². The number of allylic oxidation sites excluding steroid dienone is 4. The number of ketones is 2. The fourth-order valence-electron chi connectivity index (χ4n) is 9.13. The molecule has 8 heteroatoms. The molecular formula is C30H37F3N2O3. The van der Waals surface area contributed by atoms with Crippen LogP contribution < -0.4 is 5.32 Å². The van der Waals surface area contributed by atoms with E-state index < -0.39 is 29.5 Å². The molecule has 0 aromatic rings. The molecule has 1 N–H and O–H groups in total. The molecule has 0 heterocycles. The van der Waals surface area contributed by atoms with E-state index >= 15 is 0 Å². The molecule has 206 valence electrons. The van der Waals surface area contributed by atoms with Crippen molar-refractivity contribution in [2.75, 3.05) is 0 Å². The number of fused-ring (bicyclic) bond motifs is 7. The van der Waals surface area contributed by atoms with E-state index in [0.29, 0.717) is 32.1 Å². The third-order valence-electron chi connectivity index (χ3n) is 11.0. The number of nitriles is 1. The van der Waals surface area contributed by atoms with Crippen LogP contribution in [0.1, 0.15) is 85.5 Å². The maximum atomic E-state index is 14.1. The van der Waals surface area contributed by atoms with Crippen LogP contribution in [0.4, 0.5) is 13.2 Å². The zero-order valence-corrected chi connectivity index (χ0v) is 22.6. The van der Waals surface area contributed by atoms with Gasteiger partial charge in [0.15, 0.2) is 11.6 Å². The molecule has 38 heavy (non-hydrogen) atoms. The monoisotopic (exact) mass is 530 g/mol. The van der Waals surface area contributed by atoms with Crippen molar-refractivity contribution in [1.29, 1.82) is 5.26 Å². The number of carbonyl (C=O) groups is 3. The smallest absolute Gasteiger partial charge is 0.350 e. The lowest BCUT2D eigenvalue weighted by Gasteiger charge is -2.64. The Morgan fingerprint density at radius 3 is 2.45 bits per heavy atom. The second-order valence-electron chi connectivity index (χ2n) is 13.8. The Morgan fingerprint density at radius 2 is 1.79 bits per heavy atom. The van der Waals surface area contributed by atoms with E-state index in [1.54, 1.807) is 12.2 Å². The standard InChI is InChI=1S/C30H37F3N2O3/c1-26(2)9-10-29(35-24(38)15-30(31,32)33)8-6-19-25(20(29)14-26)22(37)12-23-27(19,3)7-5-18-11-21(36)17(16-34)13-28(18,23)4/h12-13,18-20,25H,5-11,14-15H2,1-4H3,(H,35,38). The number of Topliss-reactive ketones (excluding diaryl/α,β-unsaturated/α-hetero) is 1. The zero-order valence-electron chi connectivity index (χ0n) is 22.6. The number of nitrogens with zero attached hydrogens (tertiary/aromatic N) is 1. The van der Waals surface area contributed by atoms with Crippen LogP contribution >= 0.6 is 0 Å². The molecule has 0 aromatic carbocycles. The molecule has 7 atom stereocenters. The first kappa shape index (κ1) is 27.1. The van der Waals surface area contributed by atoms with Gasteiger partial charge < -0.3 is 5.32 Å². The van der Waals surface area contributed by atoms with E-state index in [2.05, 4.69) is 32.2 Å². The predicted molar refractivity (Wildman–Crippen MR) is 134 cm³/mol. The van der Waals surface area contributed by atoms with Gasteiger partial charge in [-0.2, -0.15) is 18.4 Å². The second-order valence-corrected chi connectivity index (χ2v) is 13.8. The summed E-state index contributed by atoms with van der Waals surface area (Å²) >= 11 is 0. The molecule has 0 aromatic heterocycles. The first-order valence-electron chi connectivity index (χ1n) is 13.8. The normalized spacial score (nSPS) is 41.8. The van der Waals surface area contributed by atoms with Crippen molar-refractivity contribution in [3.63, 3.8) is 0 Å². The molecule has 5 nitrogen and oxygen atoms in total. The second kappa shape index (κ2) is 8.53. The lowest BCUT2D eigenvalue weighted by atomic mass is 9.41. The van der Waals surface area contributed by atoms with E-state index in [1.807, 2.05) is 6.92 Å². The van der Waals surface area contributed by atoms with Crippen molar-refractivity contribution in [3.05, 3.63) is 23.3 Å². The van der Waals surface area contributed by atoms with Gasteiger partial charge >= 0.3 is 6.18 Å². The molecule has 0 saturated heterocycles. The number of amides is 1. The minimum absolute atomic E-state index is 0.00381. The molecule has 3 saturated carbocycles. The molecule has 0 spiro atoms. The van der Waals surface area contributed by atoms with Gasteiger partial charge in [0.1, 0.15) is 12.5 Å². The first-order chi connectivity index (χ1) is 17.5. The summed E-state index contributed by atoms with van der Waals surface area (Å²) in [5.74, 6) is -1.77. The SMILES string of the molecule is CC1(C)CCC2(NC(=O)CC(F)(F)F)CCC3C(C(=O)C=C4C5(C)C=C(C#N)C(=O)CC5CCC43C)C2C1. The van der Waals surface area contributed by atoms with Crippen LogP contribution in [-0.4, -0.2) is 29.2 Å². The highest BCUT2D eigenvalue weighted by Gasteiger charge is 2.64. The molecule has 0 bridgehead atoms. The Morgan fingerprint density at radius 1 is 1.08 bits per heavy atom. The summed E-state index contributed by atoms with van der Waals surface area (Å²) in [6, 6.07) is 2.05. The number of rotatable bonds is 2. The van der Waals surface area contributed by atoms with Gasteiger partial charge in [-0.1, -0.05) is 39.3 Å². The fraction of sp³-hybridized carbons (Fsp3) is 0.733. The van der Waals surface area contributed by atoms with Gasteiger partial charge in [0, 0.05) is 23.3 Å². The van der Waals surface area contributed by atoms with Crippen molar-refractivity contribution >= 4 is 17.5 Å². The Labute approximate surface area is 222 Å². The maximum absolute atomic E-state index is 14.1. The highest BCUT2D eigenvalue weighted by atomic mass is 19.4. The number of nitrogens with one attached hydrogen (secondary N) is 1. The van der Waals surface area contributed by atoms with Gasteiger partial charge in [-0.25, -0.2) is 0 Å². The summed E-state index contributed by atoms with van der Waals surface area (Å²) in [5, 5.41) is 12.4. The Kier molecular flexibility index (Phi) is 6.10. The molecule has 0 radical (unpaired) electrons. The average molecular weight is 531 g/mol. The van der Waals surface area contributed by atoms with Crippen LogP contribution in [0.15, 0.2) is 23.3 Å². The number of hydrogen-bond donors (Lipinski definition) is 1. The van der Waals surface area contributed by atoms with Crippen LogP contribution in [-0.2, 0) is 14.4 Å². The summed E-state index contributed by atoms with van der Waals surface area (Å²) in [4.78, 5) is 39.1. The number of carbonyl (C=O) groups excluding carboxylic acids is 3. The van der Waals surface area contributed by atoms with E-state index in [1.165, 1.54) is 0 Å². The van der Waals surface area contributed by atoms with Crippen LogP contribution in [0.25, 0.3) is 0 Å². The minimum atomic E-state index is -4.58. The van der Waals surface area contributed by atoms with Gasteiger partial charge in [0.25, 0.3) is 0 Å². The lowest BCUT2D eigenvalue weighted by Crippen LogP contribution is -2.66. The summed E-state index contributed by atoms with van der Waals surface area (Å²) in [7, 11) is 0. The summed E-state index contributed by atoms with van der Waals surface area (Å²) in [6.45, 7) is 8.51. The largest absolute Gasteiger partial charge is 0.397 e. The highest BCUT2D eigenvalue weighted by molar-refractivity contribution is 6.01. The van der Waals surface area contributed by atoms with Gasteiger partial charge in [0.2, 0.25) is 5.91 Å². The minimum Gasteiger partial charge on any atom is -0.350 e. The topological polar surface area (TPSA) is 87.0 Å². The number of alkyl halides is 3. The molecule has 1 amide bonds. The molecular weight excluding hydrogens is 493 g/mol. The Balaban J connectivity index is 1.56. The average Bonchev–Trinajstić information content (AvgIpc) is 2.79. The van der Waals surface area contributed by atoms with E-state index in [9.17, 15) is 32.8 Å². The number of hydrogen-bond acceptors (Lipinski definition) is 4. The predicted octanol–water partition coefficient (Wildman–Crippen LogP) is 6.00. The van der Waals surface area contributed by atoms with E-state index in [0.717, 1.165) is 24.8 Å². The third kappa shape index (κ3) is 4.16. The van der Waals surface area contributed by atoms with Crippen molar-refractivity contribution < 1.29 is 27.6 Å². The van der Waals surface area contributed by atoms with Crippen LogP contribution in [0, 0.1) is 51.2 Å². The van der Waals surface area contributed by atoms with Crippen LogP contribution in [0.3, 0.4) is 0 Å². The third-order valence-corrected chi connectivity index (χ3v) is 11.0. The zero-order chi connectivity index (χ0) is 27.9. The van der Waals surface area contributed by atoms with Crippen molar-refractivity contribution in [2.45, 2.75) is 97.2 Å². The summed E-state index contributed by atoms with van der Waals surface area (Å²) in [6.07, 6.45) is 2.57. The summed E-state index contributed by atoms with van der Waals surface area (Å²) in [5.41, 5.74) is -0.640. The van der Waals surface area contributed by atoms with E-state index in [4.69, 9.17) is 0 Å². The summed E-state index contributed by atoms with van der Waals surface area (Å²) < 4.78 is 39.2. The van der Waals surface area contributed by atoms with Gasteiger partial charge in [0.05, 0.1) is 5.57 Å². The van der Waals surface area contributed by atoms with Crippen molar-refractivity contribution in [1.82, 2.24) is 5.32 Å². The van der Waals surface area contributed by atoms with Crippen molar-refractivity contribution in [3.8, 4) is 6.07 Å². The molecule has 5 aliphatic rings. The molecule has 5 rings (SSSR count). The lowest BCUT2D eigenvalue weighted by molar-refractivity contribution is -0.160. The number of halogens is 3. The quantitative estimate of drug-likeness (QED) is 0.474. The molecule has 7 unspecified atom stereocenters. The fourth-order valence-corrected chi connectivity index (χ4v) is 9.13. The van der Waals surface area contributed by atoms with Gasteiger partial charge in [-0.05, 0) is 79.6 Å². The first-order valence-corrected chi connectivity index (χ1v) is 13.8. The van der Waals surface area contributed by atoms with Crippen LogP contribution in [0.5, 0.6) is 0 Å². The Hall–Kier alpha value is -2.43. The Bertz CT molecular complexity index is 1190. The van der Waals surface area contributed by atoms with Crippen LogP contribution in [0.2, 0.25) is 0 Å².